The van der Waals surface area contributed by atoms with Crippen LogP contribution < -0.4 is 5.32 Å². The van der Waals surface area contributed by atoms with Crippen molar-refractivity contribution >= 4 is 10.8 Å². The van der Waals surface area contributed by atoms with E-state index in [0.717, 1.165) is 37.4 Å². The average Bonchev–Trinajstić information content (AvgIpc) is 1.99. The van der Waals surface area contributed by atoms with Gasteiger partial charge in [-0.2, -0.15) is 0 Å². The van der Waals surface area contributed by atoms with E-state index in [2.05, 4.69) is 19.2 Å². The summed E-state index contributed by atoms with van der Waals surface area (Å²) in [5.74, 6) is 1.73. The van der Waals surface area contributed by atoms with Gasteiger partial charge in [-0.1, -0.05) is 13.8 Å². The van der Waals surface area contributed by atoms with E-state index in [0.29, 0.717) is 0 Å². The maximum absolute atomic E-state index is 11.1. The summed E-state index contributed by atoms with van der Waals surface area (Å²) >= 11 is 0. The molecule has 1 atom stereocenters. The molecule has 0 aromatic rings. The van der Waals surface area contributed by atoms with Gasteiger partial charge in [-0.3, -0.25) is 4.21 Å². The molecular weight excluding hydrogens is 158 g/mol. The van der Waals surface area contributed by atoms with Crippen LogP contribution in [0.5, 0.6) is 0 Å². The predicted molar refractivity (Wildman–Crippen MR) is 51.3 cm³/mol. The lowest BCUT2D eigenvalue weighted by Crippen LogP contribution is -2.16. The first-order chi connectivity index (χ1) is 5.31. The van der Waals surface area contributed by atoms with Crippen LogP contribution in [0.15, 0.2) is 0 Å². The van der Waals surface area contributed by atoms with Crippen molar-refractivity contribution in [2.75, 3.05) is 24.6 Å². The quantitative estimate of drug-likeness (QED) is 0.591. The van der Waals surface area contributed by atoms with E-state index in [4.69, 9.17) is 0 Å². The second-order valence-electron chi connectivity index (χ2n) is 2.56. The molecule has 2 nitrogen and oxygen atoms in total. The van der Waals surface area contributed by atoms with Crippen molar-refractivity contribution in [2.24, 2.45) is 0 Å². The maximum Gasteiger partial charge on any atom is 0.0246 e. The van der Waals surface area contributed by atoms with Gasteiger partial charge in [0.15, 0.2) is 0 Å². The normalized spacial score (nSPS) is 13.3. The SMILES string of the molecule is CCC[S@](=O)CCCNCC. The van der Waals surface area contributed by atoms with E-state index in [1.807, 2.05) is 0 Å². The van der Waals surface area contributed by atoms with Crippen LogP contribution in [0.3, 0.4) is 0 Å². The zero-order chi connectivity index (χ0) is 8.53. The van der Waals surface area contributed by atoms with Crippen molar-refractivity contribution in [2.45, 2.75) is 26.7 Å². The summed E-state index contributed by atoms with van der Waals surface area (Å²) in [6.45, 7) is 6.18. The van der Waals surface area contributed by atoms with Crippen LogP contribution in [-0.4, -0.2) is 28.8 Å². The molecule has 0 aromatic heterocycles. The fourth-order valence-electron chi connectivity index (χ4n) is 0.865. The van der Waals surface area contributed by atoms with Gasteiger partial charge in [0.2, 0.25) is 0 Å². The second-order valence-corrected chi connectivity index (χ2v) is 4.25. The lowest BCUT2D eigenvalue weighted by atomic mass is 10.5. The minimum atomic E-state index is -0.564. The molecule has 0 aliphatic heterocycles. The first kappa shape index (κ1) is 11.1. The Bertz CT molecular complexity index is 106. The molecule has 0 rings (SSSR count). The number of hydrogen-bond acceptors (Lipinski definition) is 2. The highest BCUT2D eigenvalue weighted by atomic mass is 32.2. The smallest absolute Gasteiger partial charge is 0.0246 e. The lowest BCUT2D eigenvalue weighted by Gasteiger charge is -2.00. The summed E-state index contributed by atoms with van der Waals surface area (Å²) < 4.78 is 11.1. The minimum Gasteiger partial charge on any atom is -0.317 e. The standard InChI is InChI=1S/C8H19NOS/c1-3-7-11(10)8-5-6-9-4-2/h9H,3-8H2,1-2H3/t11-/m0/s1. The van der Waals surface area contributed by atoms with Gasteiger partial charge in [0.1, 0.15) is 0 Å². The van der Waals surface area contributed by atoms with Crippen LogP contribution in [0.1, 0.15) is 26.7 Å². The van der Waals surface area contributed by atoms with Crippen LogP contribution in [0.2, 0.25) is 0 Å². The topological polar surface area (TPSA) is 29.1 Å². The molecule has 0 spiro atoms. The first-order valence-electron chi connectivity index (χ1n) is 4.37. The van der Waals surface area contributed by atoms with Gasteiger partial charge in [-0.05, 0) is 25.9 Å². The van der Waals surface area contributed by atoms with E-state index in [1.165, 1.54) is 0 Å². The second kappa shape index (κ2) is 8.21. The van der Waals surface area contributed by atoms with Gasteiger partial charge in [-0.15, -0.1) is 0 Å². The Morgan fingerprint density at radius 2 is 2.00 bits per heavy atom. The zero-order valence-corrected chi connectivity index (χ0v) is 8.38. The van der Waals surface area contributed by atoms with Crippen molar-refractivity contribution in [1.82, 2.24) is 5.32 Å². The third kappa shape index (κ3) is 8.01. The predicted octanol–water partition coefficient (Wildman–Crippen LogP) is 1.14. The largest absolute Gasteiger partial charge is 0.317 e. The van der Waals surface area contributed by atoms with Gasteiger partial charge in [-0.25, -0.2) is 0 Å². The molecule has 68 valence electrons. The molecule has 0 aromatic carbocycles. The molecule has 0 amide bonds. The summed E-state index contributed by atoms with van der Waals surface area (Å²) in [6, 6.07) is 0. The Labute approximate surface area is 72.2 Å². The van der Waals surface area contributed by atoms with Gasteiger partial charge < -0.3 is 5.32 Å². The average molecular weight is 177 g/mol. The van der Waals surface area contributed by atoms with Gasteiger partial charge in [0.25, 0.3) is 0 Å². The van der Waals surface area contributed by atoms with Crippen LogP contribution in [0.4, 0.5) is 0 Å². The van der Waals surface area contributed by atoms with E-state index in [-0.39, 0.29) is 0 Å². The molecule has 0 heterocycles. The van der Waals surface area contributed by atoms with E-state index in [1.54, 1.807) is 0 Å². The summed E-state index contributed by atoms with van der Waals surface area (Å²) in [6.07, 6.45) is 2.08. The summed E-state index contributed by atoms with van der Waals surface area (Å²) in [4.78, 5) is 0. The Kier molecular flexibility index (Phi) is 8.29. The Hall–Kier alpha value is 0.110. The molecule has 0 aliphatic rings. The maximum atomic E-state index is 11.1. The van der Waals surface area contributed by atoms with Crippen molar-refractivity contribution in [3.8, 4) is 0 Å². The number of nitrogens with one attached hydrogen (secondary N) is 1. The summed E-state index contributed by atoms with van der Waals surface area (Å²) in [5, 5.41) is 3.21. The van der Waals surface area contributed by atoms with Gasteiger partial charge >= 0.3 is 0 Å². The first-order valence-corrected chi connectivity index (χ1v) is 5.85. The lowest BCUT2D eigenvalue weighted by molar-refractivity contribution is 0.669. The molecule has 0 fully saturated rings. The van der Waals surface area contributed by atoms with Gasteiger partial charge in [0.05, 0.1) is 0 Å². The fourth-order valence-corrected chi connectivity index (χ4v) is 1.99. The molecule has 3 heteroatoms. The highest BCUT2D eigenvalue weighted by molar-refractivity contribution is 7.84. The number of hydrogen-bond donors (Lipinski definition) is 1. The van der Waals surface area contributed by atoms with Crippen LogP contribution in [0, 0.1) is 0 Å². The van der Waals surface area contributed by atoms with Crippen LogP contribution in [-0.2, 0) is 10.8 Å². The molecule has 0 unspecified atom stereocenters. The van der Waals surface area contributed by atoms with Crippen LogP contribution >= 0.6 is 0 Å². The van der Waals surface area contributed by atoms with Crippen molar-refractivity contribution < 1.29 is 4.21 Å². The molecule has 1 N–H and O–H groups in total. The van der Waals surface area contributed by atoms with Crippen molar-refractivity contribution in [3.63, 3.8) is 0 Å². The highest BCUT2D eigenvalue weighted by Gasteiger charge is 1.95. The van der Waals surface area contributed by atoms with E-state index >= 15 is 0 Å². The molecule has 0 radical (unpaired) electrons. The molecule has 0 saturated carbocycles. The fraction of sp³-hybridized carbons (Fsp3) is 1.00. The molecular formula is C8H19NOS. The third-order valence-corrected chi connectivity index (χ3v) is 3.01. The molecule has 11 heavy (non-hydrogen) atoms. The van der Waals surface area contributed by atoms with E-state index in [9.17, 15) is 4.21 Å². The van der Waals surface area contributed by atoms with Crippen molar-refractivity contribution in [3.05, 3.63) is 0 Å². The Balaban J connectivity index is 3.04. The summed E-state index contributed by atoms with van der Waals surface area (Å²) in [5.41, 5.74) is 0. The summed E-state index contributed by atoms with van der Waals surface area (Å²) in [7, 11) is -0.564. The zero-order valence-electron chi connectivity index (χ0n) is 7.56. The number of rotatable bonds is 7. The Morgan fingerprint density at radius 1 is 1.27 bits per heavy atom. The van der Waals surface area contributed by atoms with Gasteiger partial charge in [0, 0.05) is 22.3 Å². The Morgan fingerprint density at radius 3 is 2.55 bits per heavy atom. The highest BCUT2D eigenvalue weighted by Crippen LogP contribution is 1.89. The molecule has 0 saturated heterocycles. The van der Waals surface area contributed by atoms with Crippen LogP contribution in [0.25, 0.3) is 0 Å². The molecule has 0 bridgehead atoms. The molecule has 0 aliphatic carbocycles. The van der Waals surface area contributed by atoms with E-state index < -0.39 is 10.8 Å². The minimum absolute atomic E-state index is 0.564. The van der Waals surface area contributed by atoms with Crippen molar-refractivity contribution in [1.29, 1.82) is 0 Å². The third-order valence-electron chi connectivity index (χ3n) is 1.41. The monoisotopic (exact) mass is 177 g/mol.